The minimum atomic E-state index is 0.508. The molecule has 24 heavy (non-hydrogen) atoms. The molecule has 2 aromatic heterocycles. The zero-order valence-electron chi connectivity index (χ0n) is 14.0. The molecule has 6 nitrogen and oxygen atoms in total. The lowest BCUT2D eigenvalue weighted by Gasteiger charge is -2.22. The summed E-state index contributed by atoms with van der Waals surface area (Å²) in [5, 5.41) is 12.5. The van der Waals surface area contributed by atoms with Crippen LogP contribution in [0.4, 0.5) is 0 Å². The molecule has 1 aromatic carbocycles. The van der Waals surface area contributed by atoms with Crippen molar-refractivity contribution in [3.8, 4) is 0 Å². The molecule has 0 bridgehead atoms. The molecule has 0 aliphatic carbocycles. The maximum atomic E-state index is 5.84. The molecule has 0 amide bonds. The van der Waals surface area contributed by atoms with Crippen LogP contribution in [0.15, 0.2) is 36.8 Å². The maximum Gasteiger partial charge on any atom is 0.0650 e. The summed E-state index contributed by atoms with van der Waals surface area (Å²) in [6.07, 6.45) is 6.96. The van der Waals surface area contributed by atoms with E-state index in [4.69, 9.17) is 4.74 Å². The SMILES string of the molecule is Cn1cc(CN2CCOC[C@@H](Cc3ccc4[nH]ncc4c3)C2)cn1. The van der Waals surface area contributed by atoms with Gasteiger partial charge in [0.2, 0.25) is 0 Å². The number of fused-ring (bicyclic) bond motifs is 1. The van der Waals surface area contributed by atoms with Gasteiger partial charge >= 0.3 is 0 Å². The Bertz CT molecular complexity index is 808. The van der Waals surface area contributed by atoms with Crippen LogP contribution in [0.3, 0.4) is 0 Å². The fraction of sp³-hybridized carbons (Fsp3) is 0.444. The smallest absolute Gasteiger partial charge is 0.0650 e. The largest absolute Gasteiger partial charge is 0.380 e. The Morgan fingerprint density at radius 2 is 2.25 bits per heavy atom. The number of aromatic nitrogens is 4. The third-order valence-corrected chi connectivity index (χ3v) is 4.62. The summed E-state index contributed by atoms with van der Waals surface area (Å²) in [5.74, 6) is 0.508. The molecule has 0 unspecified atom stereocenters. The third-order valence-electron chi connectivity index (χ3n) is 4.62. The van der Waals surface area contributed by atoms with E-state index in [-0.39, 0.29) is 0 Å². The van der Waals surface area contributed by atoms with Crippen molar-refractivity contribution in [3.63, 3.8) is 0 Å². The Balaban J connectivity index is 1.43. The molecule has 1 N–H and O–H groups in total. The zero-order valence-corrected chi connectivity index (χ0v) is 14.0. The van der Waals surface area contributed by atoms with Crippen LogP contribution < -0.4 is 0 Å². The van der Waals surface area contributed by atoms with Gasteiger partial charge in [0.05, 0.1) is 31.1 Å². The van der Waals surface area contributed by atoms with Crippen molar-refractivity contribution in [3.05, 3.63) is 47.9 Å². The summed E-state index contributed by atoms with van der Waals surface area (Å²) in [4.78, 5) is 2.48. The van der Waals surface area contributed by atoms with E-state index in [9.17, 15) is 0 Å². The van der Waals surface area contributed by atoms with Crippen molar-refractivity contribution >= 4 is 10.9 Å². The van der Waals surface area contributed by atoms with Crippen molar-refractivity contribution in [2.24, 2.45) is 13.0 Å². The summed E-state index contributed by atoms with van der Waals surface area (Å²) in [6.45, 7) is 4.60. The summed E-state index contributed by atoms with van der Waals surface area (Å²) in [5.41, 5.74) is 3.70. The van der Waals surface area contributed by atoms with E-state index in [0.717, 1.165) is 44.8 Å². The van der Waals surface area contributed by atoms with Gasteiger partial charge in [0.25, 0.3) is 0 Å². The predicted molar refractivity (Wildman–Crippen MR) is 92.6 cm³/mol. The molecule has 0 spiro atoms. The Morgan fingerprint density at radius 1 is 1.29 bits per heavy atom. The van der Waals surface area contributed by atoms with Crippen molar-refractivity contribution in [2.45, 2.75) is 13.0 Å². The van der Waals surface area contributed by atoms with Gasteiger partial charge in [0.15, 0.2) is 0 Å². The average molecular weight is 325 g/mol. The molecule has 0 saturated carbocycles. The lowest BCUT2D eigenvalue weighted by atomic mass is 9.98. The lowest BCUT2D eigenvalue weighted by Crippen LogP contribution is -2.30. The predicted octanol–water partition coefficient (Wildman–Crippen LogP) is 1.99. The number of H-pyrrole nitrogens is 1. The van der Waals surface area contributed by atoms with Crippen LogP contribution in [0.5, 0.6) is 0 Å². The third kappa shape index (κ3) is 3.49. The van der Waals surface area contributed by atoms with Gasteiger partial charge < -0.3 is 4.74 Å². The van der Waals surface area contributed by atoms with E-state index in [1.807, 2.05) is 24.1 Å². The van der Waals surface area contributed by atoms with Gasteiger partial charge in [-0.1, -0.05) is 6.07 Å². The zero-order chi connectivity index (χ0) is 16.4. The molecule has 126 valence electrons. The van der Waals surface area contributed by atoms with E-state index in [1.165, 1.54) is 16.5 Å². The standard InChI is InChI=1S/C18H23N5O/c1-22-10-16(8-20-22)12-23-4-5-24-13-15(11-23)6-14-2-3-18-17(7-14)9-19-21-18/h2-3,7-10,15H,4-6,11-13H2,1H3,(H,19,21)/t15-/m0/s1. The lowest BCUT2D eigenvalue weighted by molar-refractivity contribution is 0.121. The van der Waals surface area contributed by atoms with Crippen molar-refractivity contribution in [1.29, 1.82) is 0 Å². The molecular weight excluding hydrogens is 302 g/mol. The Hall–Kier alpha value is -2.18. The van der Waals surface area contributed by atoms with E-state index < -0.39 is 0 Å². The van der Waals surface area contributed by atoms with Crippen LogP contribution in [0.25, 0.3) is 10.9 Å². The monoisotopic (exact) mass is 325 g/mol. The van der Waals surface area contributed by atoms with Crippen LogP contribution in [0.1, 0.15) is 11.1 Å². The van der Waals surface area contributed by atoms with Gasteiger partial charge in [-0.2, -0.15) is 10.2 Å². The molecule has 1 fully saturated rings. The summed E-state index contributed by atoms with van der Waals surface area (Å²) in [7, 11) is 1.96. The fourth-order valence-corrected chi connectivity index (χ4v) is 3.48. The minimum absolute atomic E-state index is 0.508. The quantitative estimate of drug-likeness (QED) is 0.797. The van der Waals surface area contributed by atoms with Crippen LogP contribution in [0, 0.1) is 5.92 Å². The summed E-state index contributed by atoms with van der Waals surface area (Å²) >= 11 is 0. The number of nitrogens with zero attached hydrogens (tertiary/aromatic N) is 4. The second kappa shape index (κ2) is 6.75. The second-order valence-electron chi connectivity index (χ2n) is 6.69. The first-order valence-electron chi connectivity index (χ1n) is 8.46. The molecule has 3 heterocycles. The van der Waals surface area contributed by atoms with Crippen LogP contribution >= 0.6 is 0 Å². The van der Waals surface area contributed by atoms with E-state index >= 15 is 0 Å². The van der Waals surface area contributed by atoms with Gasteiger partial charge in [-0.3, -0.25) is 14.7 Å². The number of benzene rings is 1. The minimum Gasteiger partial charge on any atom is -0.380 e. The second-order valence-corrected chi connectivity index (χ2v) is 6.69. The highest BCUT2D eigenvalue weighted by molar-refractivity contribution is 5.78. The number of ether oxygens (including phenoxy) is 1. The Kier molecular flexibility index (Phi) is 4.32. The number of hydrogen-bond acceptors (Lipinski definition) is 4. The van der Waals surface area contributed by atoms with Gasteiger partial charge in [0, 0.05) is 43.8 Å². The van der Waals surface area contributed by atoms with Gasteiger partial charge in [-0.15, -0.1) is 0 Å². The molecule has 1 saturated heterocycles. The van der Waals surface area contributed by atoms with Gasteiger partial charge in [0.1, 0.15) is 0 Å². The molecule has 1 aliphatic rings. The van der Waals surface area contributed by atoms with E-state index in [0.29, 0.717) is 5.92 Å². The van der Waals surface area contributed by atoms with Gasteiger partial charge in [-0.05, 0) is 30.0 Å². The van der Waals surface area contributed by atoms with E-state index in [1.54, 1.807) is 0 Å². The molecule has 6 heteroatoms. The molecular formula is C18H23N5O. The van der Waals surface area contributed by atoms with Crippen LogP contribution in [-0.2, 0) is 24.8 Å². The summed E-state index contributed by atoms with van der Waals surface area (Å²) < 4.78 is 7.71. The topological polar surface area (TPSA) is 59.0 Å². The molecule has 1 aliphatic heterocycles. The molecule has 3 aromatic rings. The van der Waals surface area contributed by atoms with Crippen molar-refractivity contribution in [2.75, 3.05) is 26.3 Å². The first kappa shape index (κ1) is 15.4. The summed E-state index contributed by atoms with van der Waals surface area (Å²) in [6, 6.07) is 6.54. The number of aromatic amines is 1. The van der Waals surface area contributed by atoms with Crippen molar-refractivity contribution in [1.82, 2.24) is 24.9 Å². The number of nitrogens with one attached hydrogen (secondary N) is 1. The number of rotatable bonds is 4. The van der Waals surface area contributed by atoms with Gasteiger partial charge in [-0.25, -0.2) is 0 Å². The Labute approximate surface area is 141 Å². The highest BCUT2D eigenvalue weighted by Crippen LogP contribution is 2.19. The molecule has 0 radical (unpaired) electrons. The fourth-order valence-electron chi connectivity index (χ4n) is 3.48. The number of hydrogen-bond donors (Lipinski definition) is 1. The van der Waals surface area contributed by atoms with E-state index in [2.05, 4.69) is 44.6 Å². The maximum absolute atomic E-state index is 5.84. The molecule has 1 atom stereocenters. The van der Waals surface area contributed by atoms with Crippen LogP contribution in [-0.4, -0.2) is 51.2 Å². The first-order chi connectivity index (χ1) is 11.8. The van der Waals surface area contributed by atoms with Crippen molar-refractivity contribution < 1.29 is 4.74 Å². The highest BCUT2D eigenvalue weighted by atomic mass is 16.5. The number of aryl methyl sites for hydroxylation is 1. The molecule has 4 rings (SSSR count). The first-order valence-corrected chi connectivity index (χ1v) is 8.46. The normalized spacial score (nSPS) is 19.6. The average Bonchev–Trinajstić information content (AvgIpc) is 3.13. The highest BCUT2D eigenvalue weighted by Gasteiger charge is 2.19. The Morgan fingerprint density at radius 3 is 3.12 bits per heavy atom. The van der Waals surface area contributed by atoms with Crippen LogP contribution in [0.2, 0.25) is 0 Å².